The van der Waals surface area contributed by atoms with Crippen molar-refractivity contribution in [1.82, 2.24) is 9.88 Å². The van der Waals surface area contributed by atoms with Gasteiger partial charge in [0.2, 0.25) is 5.91 Å². The summed E-state index contributed by atoms with van der Waals surface area (Å²) in [5.41, 5.74) is 7.37. The van der Waals surface area contributed by atoms with Crippen molar-refractivity contribution < 1.29 is 14.7 Å². The predicted octanol–water partition coefficient (Wildman–Crippen LogP) is 5.33. The van der Waals surface area contributed by atoms with Gasteiger partial charge in [-0.15, -0.1) is 11.8 Å². The molecule has 1 fully saturated rings. The van der Waals surface area contributed by atoms with E-state index in [9.17, 15) is 14.7 Å². The van der Waals surface area contributed by atoms with E-state index >= 15 is 0 Å². The van der Waals surface area contributed by atoms with Crippen LogP contribution in [0.25, 0.3) is 11.6 Å². The van der Waals surface area contributed by atoms with E-state index in [-0.39, 0.29) is 17.9 Å². The molecule has 2 aromatic carbocycles. The summed E-state index contributed by atoms with van der Waals surface area (Å²) >= 11 is 1.75. The summed E-state index contributed by atoms with van der Waals surface area (Å²) in [4.78, 5) is 32.3. The number of anilines is 1. The van der Waals surface area contributed by atoms with E-state index in [1.807, 2.05) is 55.2 Å². The number of carbonyl (C=O) groups excluding carboxylic acids is 2. The van der Waals surface area contributed by atoms with Crippen LogP contribution >= 0.6 is 11.8 Å². The average molecular weight is 516 g/mol. The summed E-state index contributed by atoms with van der Waals surface area (Å²) in [6.45, 7) is 5.27. The van der Waals surface area contributed by atoms with Gasteiger partial charge < -0.3 is 20.3 Å². The number of aromatic nitrogens is 1. The summed E-state index contributed by atoms with van der Waals surface area (Å²) in [7, 11) is 0. The molecule has 0 spiro atoms. The van der Waals surface area contributed by atoms with Crippen molar-refractivity contribution in [3.63, 3.8) is 0 Å². The second-order valence-electron chi connectivity index (χ2n) is 9.90. The Hall–Kier alpha value is -3.29. The number of H-pyrrole nitrogens is 1. The first kappa shape index (κ1) is 25.4. The van der Waals surface area contributed by atoms with Crippen molar-refractivity contribution >= 4 is 40.9 Å². The van der Waals surface area contributed by atoms with Crippen LogP contribution in [0, 0.1) is 13.8 Å². The molecule has 7 heteroatoms. The molecule has 1 atom stereocenters. The minimum absolute atomic E-state index is 0.0857. The van der Waals surface area contributed by atoms with Crippen molar-refractivity contribution in [1.29, 1.82) is 0 Å². The number of nitrogens with zero attached hydrogens (tertiary/aromatic N) is 1. The summed E-state index contributed by atoms with van der Waals surface area (Å²) in [5.74, 6) is 0.831. The van der Waals surface area contributed by atoms with Crippen molar-refractivity contribution in [3.05, 3.63) is 82.2 Å². The molecule has 2 aliphatic rings. The van der Waals surface area contributed by atoms with Crippen molar-refractivity contribution in [2.24, 2.45) is 0 Å². The Kier molecular flexibility index (Phi) is 7.53. The Morgan fingerprint density at radius 3 is 2.76 bits per heavy atom. The number of aryl methyl sites for hydroxylation is 1. The Labute approximate surface area is 222 Å². The lowest BCUT2D eigenvalue weighted by atomic mass is 10.0. The third-order valence-electron chi connectivity index (χ3n) is 7.32. The van der Waals surface area contributed by atoms with Gasteiger partial charge >= 0.3 is 0 Å². The maximum absolute atomic E-state index is 13.1. The Balaban J connectivity index is 1.35. The largest absolute Gasteiger partial charge is 0.393 e. The van der Waals surface area contributed by atoms with Gasteiger partial charge in [0.25, 0.3) is 5.91 Å². The van der Waals surface area contributed by atoms with Crippen molar-refractivity contribution in [2.75, 3.05) is 18.4 Å². The number of carbonyl (C=O) groups is 2. The molecule has 1 saturated heterocycles. The minimum atomic E-state index is -0.315. The number of thioether (sulfide) groups is 1. The topological polar surface area (TPSA) is 85.4 Å². The molecule has 0 bridgehead atoms. The quantitative estimate of drug-likeness (QED) is 0.306. The van der Waals surface area contributed by atoms with Crippen LogP contribution in [0.4, 0.5) is 5.69 Å². The maximum atomic E-state index is 13.1. The van der Waals surface area contributed by atoms with Crippen LogP contribution < -0.4 is 5.32 Å². The van der Waals surface area contributed by atoms with E-state index in [4.69, 9.17) is 0 Å². The molecular formula is C30H33N3O3S. The molecule has 5 rings (SSSR count). The molecule has 0 radical (unpaired) electrons. The number of nitrogens with one attached hydrogen (secondary N) is 2. The van der Waals surface area contributed by atoms with E-state index in [2.05, 4.69) is 28.5 Å². The Morgan fingerprint density at radius 2 is 1.95 bits per heavy atom. The second-order valence-corrected chi connectivity index (χ2v) is 11.0. The van der Waals surface area contributed by atoms with Gasteiger partial charge in [0.05, 0.1) is 18.1 Å². The lowest BCUT2D eigenvalue weighted by Crippen LogP contribution is -2.33. The Bertz CT molecular complexity index is 1350. The first-order chi connectivity index (χ1) is 17.9. The SMILES string of the molecule is Cc1[nH]c(/C=C2\C(=O)Nc3ccc(SCc4ccccc4)cc32)c(C)c1CC(=O)N1CCCC(O)CC1. The van der Waals surface area contributed by atoms with E-state index in [0.29, 0.717) is 31.5 Å². The molecule has 0 saturated carbocycles. The van der Waals surface area contributed by atoms with Gasteiger partial charge in [0, 0.05) is 46.4 Å². The highest BCUT2D eigenvalue weighted by atomic mass is 32.2. The molecule has 3 aromatic rings. The fraction of sp³-hybridized carbons (Fsp3) is 0.333. The third-order valence-corrected chi connectivity index (χ3v) is 8.39. The molecule has 1 aromatic heterocycles. The highest BCUT2D eigenvalue weighted by Gasteiger charge is 2.26. The smallest absolute Gasteiger partial charge is 0.256 e. The molecular weight excluding hydrogens is 482 g/mol. The molecule has 3 N–H and O–H groups in total. The maximum Gasteiger partial charge on any atom is 0.256 e. The zero-order valence-corrected chi connectivity index (χ0v) is 22.2. The molecule has 3 heterocycles. The predicted molar refractivity (Wildman–Crippen MR) is 149 cm³/mol. The van der Waals surface area contributed by atoms with E-state index in [0.717, 1.165) is 57.3 Å². The summed E-state index contributed by atoms with van der Waals surface area (Å²) in [5, 5.41) is 12.9. The number of aromatic amines is 1. The van der Waals surface area contributed by atoms with Crippen LogP contribution in [-0.2, 0) is 21.8 Å². The first-order valence-electron chi connectivity index (χ1n) is 12.9. The molecule has 192 valence electrons. The summed E-state index contributed by atoms with van der Waals surface area (Å²) in [6, 6.07) is 16.4. The first-order valence-corrected chi connectivity index (χ1v) is 13.9. The van der Waals surface area contributed by atoms with E-state index in [1.54, 1.807) is 11.8 Å². The van der Waals surface area contributed by atoms with Crippen molar-refractivity contribution in [2.45, 2.75) is 56.3 Å². The van der Waals surface area contributed by atoms with Crippen LogP contribution in [0.5, 0.6) is 0 Å². The van der Waals surface area contributed by atoms with Crippen LogP contribution in [0.3, 0.4) is 0 Å². The van der Waals surface area contributed by atoms with Crippen LogP contribution in [-0.4, -0.2) is 46.0 Å². The van der Waals surface area contributed by atoms with E-state index < -0.39 is 0 Å². The number of rotatable bonds is 6. The normalized spacial score (nSPS) is 18.6. The molecule has 0 aliphatic carbocycles. The monoisotopic (exact) mass is 515 g/mol. The van der Waals surface area contributed by atoms with Crippen molar-refractivity contribution in [3.8, 4) is 0 Å². The molecule has 2 amide bonds. The van der Waals surface area contributed by atoms with Crippen LogP contribution in [0.2, 0.25) is 0 Å². The van der Waals surface area contributed by atoms with E-state index in [1.165, 1.54) is 5.56 Å². The number of hydrogen-bond donors (Lipinski definition) is 3. The van der Waals surface area contributed by atoms with Crippen LogP contribution in [0.15, 0.2) is 53.4 Å². The second kappa shape index (κ2) is 11.0. The number of aliphatic hydroxyl groups excluding tert-OH is 1. The van der Waals surface area contributed by atoms with Gasteiger partial charge in [-0.1, -0.05) is 30.3 Å². The summed E-state index contributed by atoms with van der Waals surface area (Å²) < 4.78 is 0. The highest BCUT2D eigenvalue weighted by Crippen LogP contribution is 2.37. The molecule has 1 unspecified atom stereocenters. The number of aliphatic hydroxyl groups is 1. The Morgan fingerprint density at radius 1 is 1.14 bits per heavy atom. The van der Waals surface area contributed by atoms with Gasteiger partial charge in [-0.3, -0.25) is 9.59 Å². The number of amides is 2. The molecule has 6 nitrogen and oxygen atoms in total. The number of likely N-dealkylation sites (tertiary alicyclic amines) is 1. The van der Waals surface area contributed by atoms with Gasteiger partial charge in [-0.2, -0.15) is 0 Å². The zero-order chi connectivity index (χ0) is 25.9. The van der Waals surface area contributed by atoms with Crippen LogP contribution in [0.1, 0.15) is 52.9 Å². The van der Waals surface area contributed by atoms with Gasteiger partial charge in [0.1, 0.15) is 0 Å². The molecule has 2 aliphatic heterocycles. The van der Waals surface area contributed by atoms with Gasteiger partial charge in [-0.25, -0.2) is 0 Å². The highest BCUT2D eigenvalue weighted by molar-refractivity contribution is 7.98. The summed E-state index contributed by atoms with van der Waals surface area (Å²) in [6.07, 6.45) is 4.12. The lowest BCUT2D eigenvalue weighted by Gasteiger charge is -2.20. The third kappa shape index (κ3) is 5.68. The minimum Gasteiger partial charge on any atom is -0.393 e. The van der Waals surface area contributed by atoms with Gasteiger partial charge in [0.15, 0.2) is 0 Å². The fourth-order valence-electron chi connectivity index (χ4n) is 5.10. The standard InChI is InChI=1S/C30H33N3O3S/c1-19-24(17-29(35)33-13-6-9-22(34)12-14-33)20(2)31-28(19)16-26-25-15-23(10-11-27(25)32-30(26)36)37-18-21-7-4-3-5-8-21/h3-5,7-8,10-11,15-16,22,31,34H,6,9,12-14,17-18H2,1-2H3,(H,32,36)/b26-16-. The average Bonchev–Trinajstić information content (AvgIpc) is 3.22. The van der Waals surface area contributed by atoms with Gasteiger partial charge in [-0.05, 0) is 74.1 Å². The lowest BCUT2D eigenvalue weighted by molar-refractivity contribution is -0.130. The molecule has 37 heavy (non-hydrogen) atoms. The fourth-order valence-corrected chi connectivity index (χ4v) is 5.99. The number of benzene rings is 2. The zero-order valence-electron chi connectivity index (χ0n) is 21.3. The number of hydrogen-bond acceptors (Lipinski definition) is 4. The number of fused-ring (bicyclic) bond motifs is 1.